The third-order valence-corrected chi connectivity index (χ3v) is 5.84. The summed E-state index contributed by atoms with van der Waals surface area (Å²) in [5, 5.41) is 0. The van der Waals surface area contributed by atoms with Crippen LogP contribution in [0.1, 0.15) is 37.8 Å². The van der Waals surface area contributed by atoms with Gasteiger partial charge in [-0.2, -0.15) is 4.98 Å². The molecule has 0 unspecified atom stereocenters. The molecule has 20 heavy (non-hydrogen) atoms. The summed E-state index contributed by atoms with van der Waals surface area (Å²) in [6, 6.07) is 2.73. The van der Waals surface area contributed by atoms with Crippen LogP contribution in [0.4, 0.5) is 11.8 Å². The van der Waals surface area contributed by atoms with Crippen LogP contribution in [0, 0.1) is 30.6 Å². The fourth-order valence-corrected chi connectivity index (χ4v) is 5.44. The number of nitrogen functional groups attached to an aromatic ring is 1. The summed E-state index contributed by atoms with van der Waals surface area (Å²) in [6.07, 6.45) is 7.23. The lowest BCUT2D eigenvalue weighted by molar-refractivity contribution is -0.00142. The first kappa shape index (κ1) is 12.4. The number of hydrogen-bond donors (Lipinski definition) is 1. The Labute approximate surface area is 120 Å². The molecule has 4 bridgehead atoms. The maximum atomic E-state index is 5.82. The molecule has 1 heterocycles. The molecule has 4 saturated carbocycles. The van der Waals surface area contributed by atoms with Crippen LogP contribution in [0.5, 0.6) is 0 Å². The summed E-state index contributed by atoms with van der Waals surface area (Å²) >= 11 is 0. The molecular weight excluding hydrogens is 248 g/mol. The van der Waals surface area contributed by atoms with Crippen molar-refractivity contribution in [1.29, 1.82) is 0 Å². The summed E-state index contributed by atoms with van der Waals surface area (Å²) in [4.78, 5) is 11.1. The van der Waals surface area contributed by atoms with Gasteiger partial charge in [-0.3, -0.25) is 0 Å². The highest BCUT2D eigenvalue weighted by Crippen LogP contribution is 2.55. The van der Waals surface area contributed by atoms with Gasteiger partial charge in [0.15, 0.2) is 0 Å². The zero-order valence-electron chi connectivity index (χ0n) is 12.4. The lowest BCUT2D eigenvalue weighted by Crippen LogP contribution is -2.55. The van der Waals surface area contributed by atoms with E-state index in [1.54, 1.807) is 0 Å². The van der Waals surface area contributed by atoms with Gasteiger partial charge in [-0.05, 0) is 62.7 Å². The van der Waals surface area contributed by atoms with Crippen molar-refractivity contribution < 1.29 is 0 Å². The predicted octanol–water partition coefficient (Wildman–Crippen LogP) is 2.63. The first-order valence-corrected chi connectivity index (χ1v) is 7.94. The van der Waals surface area contributed by atoms with Crippen LogP contribution in [0.25, 0.3) is 0 Å². The van der Waals surface area contributed by atoms with Gasteiger partial charge < -0.3 is 10.6 Å². The van der Waals surface area contributed by atoms with Crippen molar-refractivity contribution in [3.05, 3.63) is 11.8 Å². The number of hydrogen-bond acceptors (Lipinski definition) is 4. The Morgan fingerprint density at radius 2 is 1.65 bits per heavy atom. The predicted molar refractivity (Wildman–Crippen MR) is 80.4 cm³/mol. The van der Waals surface area contributed by atoms with Gasteiger partial charge >= 0.3 is 0 Å². The van der Waals surface area contributed by atoms with E-state index in [0.29, 0.717) is 12.0 Å². The Morgan fingerprint density at radius 3 is 2.20 bits per heavy atom. The van der Waals surface area contributed by atoms with Crippen LogP contribution < -0.4 is 10.6 Å². The number of anilines is 2. The van der Waals surface area contributed by atoms with Crippen molar-refractivity contribution in [2.75, 3.05) is 17.7 Å². The van der Waals surface area contributed by atoms with E-state index in [0.717, 1.165) is 35.2 Å². The molecule has 4 fully saturated rings. The quantitative estimate of drug-likeness (QED) is 0.899. The van der Waals surface area contributed by atoms with Crippen molar-refractivity contribution in [2.24, 2.45) is 23.7 Å². The molecule has 0 amide bonds. The molecule has 0 atom stereocenters. The summed E-state index contributed by atoms with van der Waals surface area (Å²) in [5.74, 6) is 5.17. The van der Waals surface area contributed by atoms with Gasteiger partial charge in [-0.25, -0.2) is 4.98 Å². The summed E-state index contributed by atoms with van der Waals surface area (Å²) in [6.45, 7) is 1.99. The topological polar surface area (TPSA) is 55.0 Å². The van der Waals surface area contributed by atoms with E-state index in [-0.39, 0.29) is 0 Å². The molecule has 4 nitrogen and oxygen atoms in total. The average molecular weight is 272 g/mol. The molecular formula is C16H24N4. The van der Waals surface area contributed by atoms with Crippen molar-refractivity contribution in [2.45, 2.75) is 45.1 Å². The molecule has 5 rings (SSSR count). The molecule has 2 N–H and O–H groups in total. The molecule has 0 saturated heterocycles. The van der Waals surface area contributed by atoms with Crippen LogP contribution >= 0.6 is 0 Å². The number of rotatable bonds is 2. The molecule has 4 heteroatoms. The van der Waals surface area contributed by atoms with Crippen molar-refractivity contribution in [1.82, 2.24) is 9.97 Å². The Morgan fingerprint density at radius 1 is 1.05 bits per heavy atom. The van der Waals surface area contributed by atoms with E-state index in [1.165, 1.54) is 32.1 Å². The summed E-state index contributed by atoms with van der Waals surface area (Å²) in [7, 11) is 2.20. The van der Waals surface area contributed by atoms with E-state index >= 15 is 0 Å². The maximum absolute atomic E-state index is 5.82. The molecule has 0 spiro atoms. The van der Waals surface area contributed by atoms with E-state index in [1.807, 2.05) is 6.92 Å². The highest BCUT2D eigenvalue weighted by atomic mass is 15.2. The zero-order chi connectivity index (χ0) is 13.9. The molecule has 0 aliphatic heterocycles. The second-order valence-electron chi connectivity index (χ2n) is 7.26. The minimum absolute atomic E-state index is 0.399. The standard InChI is InChI=1S/C16H24N4/c1-9-3-14(19-16(17)18-9)20(2)15-12-5-10-4-11(7-12)8-13(15)6-10/h3,10-13,15H,4-8H2,1-2H3,(H2,17,18,19). The van der Waals surface area contributed by atoms with Gasteiger partial charge in [0.05, 0.1) is 0 Å². The minimum atomic E-state index is 0.399. The van der Waals surface area contributed by atoms with Gasteiger partial charge in [-0.15, -0.1) is 0 Å². The van der Waals surface area contributed by atoms with Gasteiger partial charge in [-0.1, -0.05) is 0 Å². The van der Waals surface area contributed by atoms with Crippen molar-refractivity contribution in [3.63, 3.8) is 0 Å². The van der Waals surface area contributed by atoms with E-state index < -0.39 is 0 Å². The Balaban J connectivity index is 1.63. The van der Waals surface area contributed by atoms with Crippen LogP contribution in [-0.2, 0) is 0 Å². The third-order valence-electron chi connectivity index (χ3n) is 5.84. The lowest BCUT2D eigenvalue weighted by Gasteiger charge is -2.56. The van der Waals surface area contributed by atoms with Gasteiger partial charge in [0.2, 0.25) is 5.95 Å². The molecule has 1 aromatic heterocycles. The molecule has 0 aromatic carbocycles. The van der Waals surface area contributed by atoms with Crippen LogP contribution in [-0.4, -0.2) is 23.1 Å². The largest absolute Gasteiger partial charge is 0.368 e. The summed E-state index contributed by atoms with van der Waals surface area (Å²) in [5.41, 5.74) is 6.78. The first-order chi connectivity index (χ1) is 9.60. The van der Waals surface area contributed by atoms with Crippen LogP contribution in [0.2, 0.25) is 0 Å². The summed E-state index contributed by atoms with van der Waals surface area (Å²) < 4.78 is 0. The third kappa shape index (κ3) is 1.88. The SMILES string of the molecule is Cc1cc(N(C)C2C3CC4CC(C3)CC2C4)nc(N)n1. The molecule has 1 aromatic rings. The highest BCUT2D eigenvalue weighted by molar-refractivity contribution is 5.44. The van der Waals surface area contributed by atoms with Gasteiger partial charge in [0.1, 0.15) is 5.82 Å². The number of nitrogens with zero attached hydrogens (tertiary/aromatic N) is 3. The van der Waals surface area contributed by atoms with Crippen molar-refractivity contribution >= 4 is 11.8 Å². The Hall–Kier alpha value is -1.32. The number of aryl methyl sites for hydroxylation is 1. The minimum Gasteiger partial charge on any atom is -0.368 e. The molecule has 4 aliphatic rings. The second kappa shape index (κ2) is 4.34. The fourth-order valence-electron chi connectivity index (χ4n) is 5.44. The fraction of sp³-hybridized carbons (Fsp3) is 0.750. The van der Waals surface area contributed by atoms with E-state index in [9.17, 15) is 0 Å². The Kier molecular flexibility index (Phi) is 2.69. The molecule has 108 valence electrons. The monoisotopic (exact) mass is 272 g/mol. The smallest absolute Gasteiger partial charge is 0.222 e. The van der Waals surface area contributed by atoms with Crippen LogP contribution in [0.15, 0.2) is 6.07 Å². The lowest BCUT2D eigenvalue weighted by atomic mass is 9.54. The Bertz CT molecular complexity index is 479. The number of aromatic nitrogens is 2. The van der Waals surface area contributed by atoms with Crippen molar-refractivity contribution in [3.8, 4) is 0 Å². The molecule has 0 radical (unpaired) electrons. The van der Waals surface area contributed by atoms with E-state index in [4.69, 9.17) is 5.73 Å². The highest BCUT2D eigenvalue weighted by Gasteiger charge is 2.49. The van der Waals surface area contributed by atoms with Gasteiger partial charge in [0, 0.05) is 24.8 Å². The number of nitrogens with two attached hydrogens (primary N) is 1. The normalized spacial score (nSPS) is 38.2. The van der Waals surface area contributed by atoms with Gasteiger partial charge in [0.25, 0.3) is 0 Å². The average Bonchev–Trinajstić information content (AvgIpc) is 2.35. The first-order valence-electron chi connectivity index (χ1n) is 7.94. The maximum Gasteiger partial charge on any atom is 0.222 e. The zero-order valence-corrected chi connectivity index (χ0v) is 12.4. The van der Waals surface area contributed by atoms with Crippen LogP contribution in [0.3, 0.4) is 0 Å². The van der Waals surface area contributed by atoms with E-state index in [2.05, 4.69) is 28.0 Å². The molecule has 4 aliphatic carbocycles. The second-order valence-corrected chi connectivity index (χ2v) is 7.26.